The number of benzene rings is 1. The van der Waals surface area contributed by atoms with E-state index in [4.69, 9.17) is 5.73 Å². The van der Waals surface area contributed by atoms with E-state index < -0.39 is 0 Å². The van der Waals surface area contributed by atoms with E-state index in [9.17, 15) is 9.90 Å². The van der Waals surface area contributed by atoms with E-state index in [2.05, 4.69) is 20.8 Å². The quantitative estimate of drug-likeness (QED) is 0.768. The van der Waals surface area contributed by atoms with E-state index in [0.29, 0.717) is 5.56 Å². The van der Waals surface area contributed by atoms with Crippen LogP contribution >= 0.6 is 0 Å². The van der Waals surface area contributed by atoms with Crippen LogP contribution in [0.25, 0.3) is 0 Å². The summed E-state index contributed by atoms with van der Waals surface area (Å²) in [5.74, 6) is -0.221. The van der Waals surface area contributed by atoms with Crippen molar-refractivity contribution in [2.75, 3.05) is 6.54 Å². The van der Waals surface area contributed by atoms with Gasteiger partial charge < -0.3 is 10.8 Å². The van der Waals surface area contributed by atoms with E-state index in [-0.39, 0.29) is 23.5 Å². The number of ketones is 1. The van der Waals surface area contributed by atoms with Crippen molar-refractivity contribution in [1.29, 1.82) is 0 Å². The van der Waals surface area contributed by atoms with Gasteiger partial charge >= 0.3 is 0 Å². The van der Waals surface area contributed by atoms with Gasteiger partial charge in [0.05, 0.1) is 12.1 Å². The minimum atomic E-state index is -0.228. The van der Waals surface area contributed by atoms with Crippen molar-refractivity contribution in [3.8, 4) is 5.75 Å². The fourth-order valence-electron chi connectivity index (χ4n) is 1.64. The van der Waals surface area contributed by atoms with Gasteiger partial charge in [0.25, 0.3) is 0 Å². The number of phenolic OH excluding ortho intramolecular Hbond substituents is 1. The third-order valence-corrected chi connectivity index (χ3v) is 2.28. The van der Waals surface area contributed by atoms with Gasteiger partial charge in [-0.1, -0.05) is 26.8 Å². The van der Waals surface area contributed by atoms with Crippen molar-refractivity contribution in [3.05, 3.63) is 29.3 Å². The Morgan fingerprint density at radius 3 is 2.50 bits per heavy atom. The average Bonchev–Trinajstić information content (AvgIpc) is 2.18. The second kappa shape index (κ2) is 4.66. The SMILES string of the molecule is CC(C)(C)Cc1ccc(O)c(C(=O)CN)c1. The zero-order chi connectivity index (χ0) is 12.3. The standard InChI is InChI=1S/C13H19NO2/c1-13(2,3)7-9-4-5-11(15)10(6-9)12(16)8-14/h4-6,15H,7-8,14H2,1-3H3. The predicted molar refractivity (Wildman–Crippen MR) is 64.7 cm³/mol. The maximum absolute atomic E-state index is 11.5. The number of hydrogen-bond donors (Lipinski definition) is 2. The lowest BCUT2D eigenvalue weighted by Gasteiger charge is -2.18. The molecule has 1 rings (SSSR count). The summed E-state index contributed by atoms with van der Waals surface area (Å²) in [7, 11) is 0. The van der Waals surface area contributed by atoms with E-state index in [1.807, 2.05) is 6.07 Å². The summed E-state index contributed by atoms with van der Waals surface area (Å²) < 4.78 is 0. The molecular weight excluding hydrogens is 202 g/mol. The molecule has 3 N–H and O–H groups in total. The molecule has 0 aromatic heterocycles. The minimum Gasteiger partial charge on any atom is -0.507 e. The smallest absolute Gasteiger partial charge is 0.180 e. The van der Waals surface area contributed by atoms with Crippen LogP contribution in [0, 0.1) is 5.41 Å². The lowest BCUT2D eigenvalue weighted by molar-refractivity contribution is 0.0998. The van der Waals surface area contributed by atoms with Gasteiger partial charge in [-0.2, -0.15) is 0 Å². The first-order chi connectivity index (χ1) is 7.33. The van der Waals surface area contributed by atoms with Crippen molar-refractivity contribution in [2.45, 2.75) is 27.2 Å². The molecule has 0 saturated carbocycles. The molecule has 0 unspecified atom stereocenters. The second-order valence-corrected chi connectivity index (χ2v) is 5.22. The Kier molecular flexibility index (Phi) is 3.70. The third kappa shape index (κ3) is 3.35. The van der Waals surface area contributed by atoms with Crippen LogP contribution in [0.15, 0.2) is 18.2 Å². The molecule has 1 aromatic carbocycles. The van der Waals surface area contributed by atoms with Crippen LogP contribution in [0.3, 0.4) is 0 Å². The molecule has 0 aliphatic rings. The minimum absolute atomic E-state index is 0.00751. The first kappa shape index (κ1) is 12.7. The number of hydrogen-bond acceptors (Lipinski definition) is 3. The van der Waals surface area contributed by atoms with Gasteiger partial charge in [0.15, 0.2) is 5.78 Å². The largest absolute Gasteiger partial charge is 0.507 e. The number of rotatable bonds is 3. The highest BCUT2D eigenvalue weighted by Crippen LogP contribution is 2.25. The third-order valence-electron chi connectivity index (χ3n) is 2.28. The summed E-state index contributed by atoms with van der Waals surface area (Å²) in [6.07, 6.45) is 0.859. The molecule has 0 heterocycles. The first-order valence-corrected chi connectivity index (χ1v) is 5.38. The van der Waals surface area contributed by atoms with Gasteiger partial charge in [-0.15, -0.1) is 0 Å². The molecule has 0 spiro atoms. The Morgan fingerprint density at radius 2 is 2.00 bits per heavy atom. The highest BCUT2D eigenvalue weighted by molar-refractivity contribution is 6.00. The summed E-state index contributed by atoms with van der Waals surface area (Å²) in [5.41, 5.74) is 6.81. The zero-order valence-corrected chi connectivity index (χ0v) is 10.1. The van der Waals surface area contributed by atoms with Crippen molar-refractivity contribution in [3.63, 3.8) is 0 Å². The number of carbonyl (C=O) groups excluding carboxylic acids is 1. The van der Waals surface area contributed by atoms with Crippen molar-refractivity contribution < 1.29 is 9.90 Å². The van der Waals surface area contributed by atoms with Crippen LogP contribution in [0.1, 0.15) is 36.7 Å². The number of nitrogens with two attached hydrogens (primary N) is 1. The number of Topliss-reactive ketones (excluding diaryl/α,β-unsaturated/α-hetero) is 1. The van der Waals surface area contributed by atoms with E-state index in [1.165, 1.54) is 0 Å². The predicted octanol–water partition coefficient (Wildman–Crippen LogP) is 2.12. The highest BCUT2D eigenvalue weighted by Gasteiger charge is 2.15. The maximum atomic E-state index is 11.5. The zero-order valence-electron chi connectivity index (χ0n) is 10.1. The van der Waals surface area contributed by atoms with Gasteiger partial charge in [-0.3, -0.25) is 4.79 Å². The van der Waals surface area contributed by atoms with E-state index in [0.717, 1.165) is 12.0 Å². The van der Waals surface area contributed by atoms with E-state index >= 15 is 0 Å². The fraction of sp³-hybridized carbons (Fsp3) is 0.462. The Labute approximate surface area is 96.3 Å². The molecule has 0 radical (unpaired) electrons. The molecule has 0 fully saturated rings. The Morgan fingerprint density at radius 1 is 1.38 bits per heavy atom. The Hall–Kier alpha value is -1.35. The maximum Gasteiger partial charge on any atom is 0.180 e. The Balaban J connectivity index is 3.03. The van der Waals surface area contributed by atoms with Crippen LogP contribution in [-0.4, -0.2) is 17.4 Å². The molecule has 0 saturated heterocycles. The molecule has 0 aliphatic carbocycles. The molecule has 16 heavy (non-hydrogen) atoms. The van der Waals surface area contributed by atoms with Gasteiger partial charge in [-0.25, -0.2) is 0 Å². The average molecular weight is 221 g/mol. The number of phenols is 1. The van der Waals surface area contributed by atoms with Crippen molar-refractivity contribution in [1.82, 2.24) is 0 Å². The summed E-state index contributed by atoms with van der Waals surface area (Å²) in [4.78, 5) is 11.5. The number of carbonyl (C=O) groups is 1. The molecule has 88 valence electrons. The molecule has 0 amide bonds. The van der Waals surface area contributed by atoms with Crippen LogP contribution in [0.5, 0.6) is 5.75 Å². The van der Waals surface area contributed by atoms with E-state index in [1.54, 1.807) is 12.1 Å². The summed E-state index contributed by atoms with van der Waals surface area (Å²) in [6.45, 7) is 6.31. The molecule has 0 bridgehead atoms. The Bertz CT molecular complexity index is 391. The summed E-state index contributed by atoms with van der Waals surface area (Å²) >= 11 is 0. The van der Waals surface area contributed by atoms with Crippen molar-refractivity contribution in [2.24, 2.45) is 11.1 Å². The summed E-state index contributed by atoms with van der Waals surface area (Å²) in [5, 5.41) is 9.56. The molecule has 3 heteroatoms. The second-order valence-electron chi connectivity index (χ2n) is 5.22. The molecule has 1 aromatic rings. The van der Waals surface area contributed by atoms with Crippen LogP contribution < -0.4 is 5.73 Å². The number of aromatic hydroxyl groups is 1. The highest BCUT2D eigenvalue weighted by atomic mass is 16.3. The van der Waals surface area contributed by atoms with Gasteiger partial charge in [-0.05, 0) is 29.5 Å². The lowest BCUT2D eigenvalue weighted by Crippen LogP contribution is -2.15. The molecular formula is C13H19NO2. The molecule has 0 atom stereocenters. The van der Waals surface area contributed by atoms with Gasteiger partial charge in [0, 0.05) is 0 Å². The van der Waals surface area contributed by atoms with Gasteiger partial charge in [0.1, 0.15) is 5.75 Å². The summed E-state index contributed by atoms with van der Waals surface area (Å²) in [6, 6.07) is 5.13. The van der Waals surface area contributed by atoms with Crippen LogP contribution in [-0.2, 0) is 6.42 Å². The fourth-order valence-corrected chi connectivity index (χ4v) is 1.64. The lowest BCUT2D eigenvalue weighted by atomic mass is 9.87. The molecule has 3 nitrogen and oxygen atoms in total. The van der Waals surface area contributed by atoms with Crippen LogP contribution in [0.2, 0.25) is 0 Å². The molecule has 0 aliphatic heterocycles. The van der Waals surface area contributed by atoms with Crippen molar-refractivity contribution >= 4 is 5.78 Å². The van der Waals surface area contributed by atoms with Crippen LogP contribution in [0.4, 0.5) is 0 Å². The monoisotopic (exact) mass is 221 g/mol. The van der Waals surface area contributed by atoms with Gasteiger partial charge in [0.2, 0.25) is 0 Å². The normalized spacial score (nSPS) is 11.5. The first-order valence-electron chi connectivity index (χ1n) is 5.38. The topological polar surface area (TPSA) is 63.3 Å².